The second kappa shape index (κ2) is 8.13. The number of amides is 2. The lowest BCUT2D eigenvalue weighted by molar-refractivity contribution is 0.0747. The second-order valence-electron chi connectivity index (χ2n) is 7.28. The molecule has 0 aliphatic carbocycles. The summed E-state index contributed by atoms with van der Waals surface area (Å²) in [6, 6.07) is 3.61. The third-order valence-corrected chi connectivity index (χ3v) is 5.08. The number of nitrogens with zero attached hydrogens (tertiary/aromatic N) is 3. The molecule has 0 N–H and O–H groups in total. The fraction of sp³-hybridized carbons (Fsp3) is 0.389. The van der Waals surface area contributed by atoms with Crippen LogP contribution in [0.3, 0.4) is 0 Å². The van der Waals surface area contributed by atoms with E-state index in [4.69, 9.17) is 14.0 Å². The Morgan fingerprint density at radius 1 is 1.38 bits per heavy atom. The van der Waals surface area contributed by atoms with Gasteiger partial charge < -0.3 is 14.0 Å². The van der Waals surface area contributed by atoms with Gasteiger partial charge in [-0.2, -0.15) is 0 Å². The maximum atomic E-state index is 13.8. The molecule has 8 nitrogen and oxygen atoms in total. The topological polar surface area (TPSA) is 85.1 Å². The van der Waals surface area contributed by atoms with E-state index in [0.29, 0.717) is 0 Å². The zero-order valence-electron chi connectivity index (χ0n) is 15.8. The normalized spacial score (nSPS) is 16.7. The van der Waals surface area contributed by atoms with Crippen molar-refractivity contribution in [2.24, 2.45) is 0 Å². The molecule has 1 aromatic carbocycles. The number of carbonyl (C=O) groups excluding carboxylic acids is 2. The smallest absolute Gasteiger partial charge is 0.416 e. The Kier molecular flexibility index (Phi) is 5.96. The highest BCUT2D eigenvalue weighted by atomic mass is 127. The maximum Gasteiger partial charge on any atom is 0.416 e. The minimum absolute atomic E-state index is 0.0228. The number of carbonyl (C=O) groups is 2. The largest absolute Gasteiger partial charge is 0.445 e. The average molecular weight is 521 g/mol. The molecule has 1 aliphatic heterocycles. The number of benzene rings is 1. The van der Waals surface area contributed by atoms with Crippen molar-refractivity contribution < 1.29 is 32.4 Å². The second-order valence-corrected chi connectivity index (χ2v) is 8.36. The molecule has 156 valence electrons. The molecule has 1 saturated heterocycles. The summed E-state index contributed by atoms with van der Waals surface area (Å²) in [5.74, 6) is -1.29. The number of aromatic nitrogens is 1. The molecule has 2 aromatic rings. The van der Waals surface area contributed by atoms with Crippen LogP contribution < -0.4 is 9.80 Å². The third-order valence-electron chi connectivity index (χ3n) is 4.05. The van der Waals surface area contributed by atoms with Crippen LogP contribution >= 0.6 is 22.6 Å². The quantitative estimate of drug-likeness (QED) is 0.440. The molecule has 1 atom stereocenters. The zero-order chi connectivity index (χ0) is 21.3. The van der Waals surface area contributed by atoms with Gasteiger partial charge >= 0.3 is 12.2 Å². The number of halogens is 3. The standard InChI is InChI=1S/C18H18F2IN3O5/c1-18(2,3)24(14-4-5-28-22-14)17(26)27-9-11-8-23(16(25)29-11)10-6-12(19)15(21)13(20)7-10/h4-7,11H,8-9H2,1-3H3/t11-/m1/s1. The summed E-state index contributed by atoms with van der Waals surface area (Å²) >= 11 is 1.54. The van der Waals surface area contributed by atoms with Crippen LogP contribution in [0, 0.1) is 15.2 Å². The molecule has 1 fully saturated rings. The van der Waals surface area contributed by atoms with Gasteiger partial charge in [0.05, 0.1) is 15.8 Å². The van der Waals surface area contributed by atoms with Crippen LogP contribution in [0.25, 0.3) is 0 Å². The average Bonchev–Trinajstić information content (AvgIpc) is 3.26. The highest BCUT2D eigenvalue weighted by molar-refractivity contribution is 14.1. The SMILES string of the molecule is CC(C)(C)N(C(=O)OC[C@H]1CN(c2cc(F)c(I)c(F)c2)C(=O)O1)c1ccon1. The molecular weight excluding hydrogens is 503 g/mol. The van der Waals surface area contributed by atoms with Gasteiger partial charge in [0.2, 0.25) is 0 Å². The Hall–Kier alpha value is -2.44. The van der Waals surface area contributed by atoms with Crippen molar-refractivity contribution in [2.45, 2.75) is 32.4 Å². The Balaban J connectivity index is 1.66. The van der Waals surface area contributed by atoms with Gasteiger partial charge in [0.15, 0.2) is 11.9 Å². The summed E-state index contributed by atoms with van der Waals surface area (Å²) < 4.78 is 42.6. The predicted octanol–water partition coefficient (Wildman–Crippen LogP) is 4.32. The lowest BCUT2D eigenvalue weighted by Gasteiger charge is -2.32. The molecule has 3 rings (SSSR count). The summed E-state index contributed by atoms with van der Waals surface area (Å²) in [7, 11) is 0. The van der Waals surface area contributed by atoms with E-state index in [-0.39, 0.29) is 28.2 Å². The first-order valence-corrected chi connectivity index (χ1v) is 9.66. The van der Waals surface area contributed by atoms with Crippen molar-refractivity contribution >= 4 is 46.3 Å². The van der Waals surface area contributed by atoms with Gasteiger partial charge in [-0.15, -0.1) is 0 Å². The summed E-state index contributed by atoms with van der Waals surface area (Å²) in [5.41, 5.74) is -0.624. The molecule has 29 heavy (non-hydrogen) atoms. The van der Waals surface area contributed by atoms with Gasteiger partial charge in [-0.3, -0.25) is 9.80 Å². The summed E-state index contributed by atoms with van der Waals surface area (Å²) in [5, 5.41) is 3.76. The van der Waals surface area contributed by atoms with Gasteiger partial charge in [0, 0.05) is 11.6 Å². The zero-order valence-corrected chi connectivity index (χ0v) is 18.0. The van der Waals surface area contributed by atoms with Gasteiger partial charge in [-0.25, -0.2) is 18.4 Å². The summed E-state index contributed by atoms with van der Waals surface area (Å²) in [6.45, 7) is 5.12. The van der Waals surface area contributed by atoms with E-state index < -0.39 is 35.5 Å². The first kappa shape index (κ1) is 21.3. The molecule has 2 amide bonds. The Labute approximate surface area is 178 Å². The first-order chi connectivity index (χ1) is 13.6. The van der Waals surface area contributed by atoms with Gasteiger partial charge in [-0.1, -0.05) is 5.16 Å². The van der Waals surface area contributed by atoms with Crippen LogP contribution in [0.15, 0.2) is 29.0 Å². The summed E-state index contributed by atoms with van der Waals surface area (Å²) in [6.07, 6.45) is -0.949. The Bertz CT molecular complexity index is 894. The van der Waals surface area contributed by atoms with E-state index in [0.717, 1.165) is 17.0 Å². The van der Waals surface area contributed by atoms with Crippen molar-refractivity contribution in [1.29, 1.82) is 0 Å². The van der Waals surface area contributed by atoms with Crippen molar-refractivity contribution in [1.82, 2.24) is 5.16 Å². The number of anilines is 2. The number of hydrogen-bond donors (Lipinski definition) is 0. The van der Waals surface area contributed by atoms with Crippen molar-refractivity contribution in [2.75, 3.05) is 23.0 Å². The Morgan fingerprint density at radius 3 is 2.59 bits per heavy atom. The molecule has 0 bridgehead atoms. The Morgan fingerprint density at radius 2 is 2.03 bits per heavy atom. The molecule has 0 unspecified atom stereocenters. The first-order valence-electron chi connectivity index (χ1n) is 8.58. The fourth-order valence-electron chi connectivity index (χ4n) is 2.78. The minimum atomic E-state index is -0.795. The number of rotatable bonds is 4. The van der Waals surface area contributed by atoms with Crippen LogP contribution in [0.5, 0.6) is 0 Å². The van der Waals surface area contributed by atoms with Crippen LogP contribution in [0.2, 0.25) is 0 Å². The third kappa shape index (κ3) is 4.60. The van der Waals surface area contributed by atoms with Crippen molar-refractivity contribution in [3.05, 3.63) is 39.7 Å². The fourth-order valence-corrected chi connectivity index (χ4v) is 3.09. The molecule has 11 heteroatoms. The van der Waals surface area contributed by atoms with Crippen LogP contribution in [0.1, 0.15) is 20.8 Å². The monoisotopic (exact) mass is 521 g/mol. The van der Waals surface area contributed by atoms with E-state index in [1.54, 1.807) is 20.8 Å². The highest BCUT2D eigenvalue weighted by Crippen LogP contribution is 2.27. The molecule has 0 saturated carbocycles. The van der Waals surface area contributed by atoms with Gasteiger partial charge in [0.25, 0.3) is 0 Å². The van der Waals surface area contributed by atoms with Crippen LogP contribution in [0.4, 0.5) is 29.9 Å². The van der Waals surface area contributed by atoms with Crippen LogP contribution in [-0.2, 0) is 9.47 Å². The minimum Gasteiger partial charge on any atom is -0.445 e. The van der Waals surface area contributed by atoms with Crippen molar-refractivity contribution in [3.8, 4) is 0 Å². The summed E-state index contributed by atoms with van der Waals surface area (Å²) in [4.78, 5) is 27.1. The maximum absolute atomic E-state index is 13.8. The highest BCUT2D eigenvalue weighted by Gasteiger charge is 2.36. The number of ether oxygens (including phenoxy) is 2. The van der Waals surface area contributed by atoms with E-state index in [1.807, 2.05) is 0 Å². The molecule has 2 heterocycles. The lowest BCUT2D eigenvalue weighted by Crippen LogP contribution is -2.47. The lowest BCUT2D eigenvalue weighted by atomic mass is 10.1. The molecule has 0 radical (unpaired) electrons. The number of hydrogen-bond acceptors (Lipinski definition) is 6. The molecular formula is C18H18F2IN3O5. The van der Waals surface area contributed by atoms with Gasteiger partial charge in [-0.05, 0) is 55.5 Å². The number of cyclic esters (lactones) is 1. The van der Waals surface area contributed by atoms with E-state index in [9.17, 15) is 18.4 Å². The van der Waals surface area contributed by atoms with E-state index >= 15 is 0 Å². The molecule has 0 spiro atoms. The van der Waals surface area contributed by atoms with Crippen molar-refractivity contribution in [3.63, 3.8) is 0 Å². The van der Waals surface area contributed by atoms with Gasteiger partial charge in [0.1, 0.15) is 24.5 Å². The molecule has 1 aromatic heterocycles. The predicted molar refractivity (Wildman–Crippen MR) is 107 cm³/mol. The van der Waals surface area contributed by atoms with Crippen LogP contribution in [-0.4, -0.2) is 42.1 Å². The van der Waals surface area contributed by atoms with E-state index in [2.05, 4.69) is 5.16 Å². The van der Waals surface area contributed by atoms with E-state index in [1.165, 1.54) is 39.8 Å². The molecule has 1 aliphatic rings.